The maximum absolute atomic E-state index is 13.9. The van der Waals surface area contributed by atoms with Crippen LogP contribution in [0, 0.1) is 12.7 Å². The summed E-state index contributed by atoms with van der Waals surface area (Å²) in [6, 6.07) is 11.4. The molecule has 0 aliphatic carbocycles. The Morgan fingerprint density at radius 1 is 1.20 bits per heavy atom. The number of H-pyrrole nitrogens is 1. The van der Waals surface area contributed by atoms with Crippen molar-refractivity contribution in [3.05, 3.63) is 71.4 Å². The SMILES string of the molecule is Cc1ccc(F)cc1N1C=C2CCCN2C1c1ccc2[nH]ncc2c1. The maximum atomic E-state index is 13.9. The largest absolute Gasteiger partial charge is 0.349 e. The quantitative estimate of drug-likeness (QED) is 0.751. The molecule has 0 spiro atoms. The zero-order chi connectivity index (χ0) is 17.0. The van der Waals surface area contributed by atoms with Gasteiger partial charge < -0.3 is 9.80 Å². The molecule has 1 atom stereocenters. The molecule has 1 aromatic heterocycles. The lowest BCUT2D eigenvalue weighted by molar-refractivity contribution is 0.319. The van der Waals surface area contributed by atoms with E-state index in [4.69, 9.17) is 0 Å². The molecule has 2 aliphatic rings. The molecule has 1 unspecified atom stereocenters. The van der Waals surface area contributed by atoms with Gasteiger partial charge >= 0.3 is 0 Å². The lowest BCUT2D eigenvalue weighted by Crippen LogP contribution is -2.31. The summed E-state index contributed by atoms with van der Waals surface area (Å²) >= 11 is 0. The highest BCUT2D eigenvalue weighted by Crippen LogP contribution is 2.44. The summed E-state index contributed by atoms with van der Waals surface area (Å²) in [5, 5.41) is 8.23. The first kappa shape index (κ1) is 14.5. The smallest absolute Gasteiger partial charge is 0.132 e. The Kier molecular flexibility index (Phi) is 3.10. The highest BCUT2D eigenvalue weighted by molar-refractivity contribution is 5.79. The molecule has 0 bridgehead atoms. The van der Waals surface area contributed by atoms with Gasteiger partial charge in [0.1, 0.15) is 12.0 Å². The monoisotopic (exact) mass is 334 g/mol. The number of rotatable bonds is 2. The molecule has 2 aromatic carbocycles. The van der Waals surface area contributed by atoms with Gasteiger partial charge in [-0.25, -0.2) is 4.39 Å². The molecule has 1 fully saturated rings. The fraction of sp³-hybridized carbons (Fsp3) is 0.250. The van der Waals surface area contributed by atoms with Crippen molar-refractivity contribution in [2.24, 2.45) is 0 Å². The lowest BCUT2D eigenvalue weighted by Gasteiger charge is -2.33. The minimum absolute atomic E-state index is 0.0669. The topological polar surface area (TPSA) is 35.2 Å². The summed E-state index contributed by atoms with van der Waals surface area (Å²) < 4.78 is 13.9. The van der Waals surface area contributed by atoms with Gasteiger partial charge in [0.15, 0.2) is 0 Å². The number of nitrogens with zero attached hydrogens (tertiary/aromatic N) is 3. The van der Waals surface area contributed by atoms with Crippen LogP contribution in [0.1, 0.15) is 30.1 Å². The lowest BCUT2D eigenvalue weighted by atomic mass is 10.1. The number of halogens is 1. The molecule has 25 heavy (non-hydrogen) atoms. The highest BCUT2D eigenvalue weighted by Gasteiger charge is 2.37. The van der Waals surface area contributed by atoms with Gasteiger partial charge in [-0.1, -0.05) is 12.1 Å². The summed E-state index contributed by atoms with van der Waals surface area (Å²) in [5.41, 5.74) is 5.57. The van der Waals surface area contributed by atoms with Crippen LogP contribution < -0.4 is 4.90 Å². The van der Waals surface area contributed by atoms with Crippen LogP contribution >= 0.6 is 0 Å². The normalized spacial score (nSPS) is 19.6. The Labute approximate surface area is 145 Å². The second kappa shape index (κ2) is 5.34. The number of fused-ring (bicyclic) bond motifs is 2. The van der Waals surface area contributed by atoms with E-state index in [1.54, 1.807) is 6.07 Å². The molecule has 0 radical (unpaired) electrons. The zero-order valence-electron chi connectivity index (χ0n) is 14.0. The van der Waals surface area contributed by atoms with Crippen LogP contribution in [0.5, 0.6) is 0 Å². The van der Waals surface area contributed by atoms with Crippen molar-refractivity contribution in [2.45, 2.75) is 25.9 Å². The van der Waals surface area contributed by atoms with E-state index in [2.05, 4.69) is 44.4 Å². The van der Waals surface area contributed by atoms with Crippen LogP contribution in [-0.4, -0.2) is 21.6 Å². The predicted octanol–water partition coefficient (Wildman–Crippen LogP) is 4.47. The van der Waals surface area contributed by atoms with Crippen molar-refractivity contribution < 1.29 is 4.39 Å². The van der Waals surface area contributed by atoms with E-state index in [0.29, 0.717) is 0 Å². The maximum Gasteiger partial charge on any atom is 0.132 e. The Bertz CT molecular complexity index is 990. The van der Waals surface area contributed by atoms with E-state index < -0.39 is 0 Å². The number of hydrogen-bond donors (Lipinski definition) is 1. The first-order valence-corrected chi connectivity index (χ1v) is 8.65. The van der Waals surface area contributed by atoms with Gasteiger partial charge in [-0.3, -0.25) is 5.10 Å². The third-order valence-corrected chi connectivity index (χ3v) is 5.26. The molecule has 2 aliphatic heterocycles. The van der Waals surface area contributed by atoms with Gasteiger partial charge in [0.25, 0.3) is 0 Å². The molecule has 3 heterocycles. The average molecular weight is 334 g/mol. The summed E-state index contributed by atoms with van der Waals surface area (Å²) in [4.78, 5) is 4.65. The van der Waals surface area contributed by atoms with Crippen LogP contribution in [0.2, 0.25) is 0 Å². The Hall–Kier alpha value is -2.82. The number of aromatic amines is 1. The number of aromatic nitrogens is 2. The minimum Gasteiger partial charge on any atom is -0.349 e. The van der Waals surface area contributed by atoms with Crippen LogP contribution in [0.3, 0.4) is 0 Å². The number of benzene rings is 2. The van der Waals surface area contributed by atoms with Gasteiger partial charge in [0.2, 0.25) is 0 Å². The van der Waals surface area contributed by atoms with Crippen molar-refractivity contribution in [3.8, 4) is 0 Å². The van der Waals surface area contributed by atoms with Gasteiger partial charge in [-0.15, -0.1) is 0 Å². The second-order valence-corrected chi connectivity index (χ2v) is 6.85. The van der Waals surface area contributed by atoms with Crippen molar-refractivity contribution in [1.82, 2.24) is 15.1 Å². The summed E-state index contributed by atoms with van der Waals surface area (Å²) in [5.74, 6) is -0.199. The second-order valence-electron chi connectivity index (χ2n) is 6.85. The number of nitrogens with one attached hydrogen (secondary N) is 1. The Morgan fingerprint density at radius 2 is 2.12 bits per heavy atom. The van der Waals surface area contributed by atoms with Crippen molar-refractivity contribution in [1.29, 1.82) is 0 Å². The van der Waals surface area contributed by atoms with E-state index in [1.807, 2.05) is 19.2 Å². The standard InChI is InChI=1S/C20H19FN4/c1-13-4-6-16(21)10-19(13)25-12-17-3-2-8-24(17)20(25)14-5-7-18-15(9-14)11-22-23-18/h4-7,9-12,20H,2-3,8H2,1H3,(H,22,23). The molecule has 0 saturated carbocycles. The zero-order valence-corrected chi connectivity index (χ0v) is 14.0. The minimum atomic E-state index is -0.199. The van der Waals surface area contributed by atoms with Gasteiger partial charge in [0, 0.05) is 29.5 Å². The third-order valence-electron chi connectivity index (χ3n) is 5.26. The summed E-state index contributed by atoms with van der Waals surface area (Å²) in [6.07, 6.45) is 6.36. The summed E-state index contributed by atoms with van der Waals surface area (Å²) in [7, 11) is 0. The molecule has 0 amide bonds. The molecule has 1 saturated heterocycles. The van der Waals surface area contributed by atoms with Crippen LogP contribution in [0.25, 0.3) is 10.9 Å². The van der Waals surface area contributed by atoms with E-state index >= 15 is 0 Å². The third kappa shape index (κ3) is 2.22. The Morgan fingerprint density at radius 3 is 3.04 bits per heavy atom. The first-order chi connectivity index (χ1) is 12.2. The average Bonchev–Trinajstić information content (AvgIpc) is 3.30. The van der Waals surface area contributed by atoms with Gasteiger partial charge in [-0.2, -0.15) is 5.10 Å². The molecular formula is C20H19FN4. The molecule has 5 heteroatoms. The molecular weight excluding hydrogens is 315 g/mol. The number of hydrogen-bond acceptors (Lipinski definition) is 3. The van der Waals surface area contributed by atoms with E-state index in [0.717, 1.165) is 35.1 Å². The molecule has 3 aromatic rings. The van der Waals surface area contributed by atoms with Crippen molar-refractivity contribution in [3.63, 3.8) is 0 Å². The first-order valence-electron chi connectivity index (χ1n) is 8.65. The molecule has 4 nitrogen and oxygen atoms in total. The van der Waals surface area contributed by atoms with E-state index in [9.17, 15) is 4.39 Å². The van der Waals surface area contributed by atoms with Gasteiger partial charge in [0.05, 0.1) is 11.7 Å². The number of aryl methyl sites for hydroxylation is 1. The fourth-order valence-corrected chi connectivity index (χ4v) is 4.04. The van der Waals surface area contributed by atoms with Gasteiger partial charge in [-0.05, 0) is 55.2 Å². The molecule has 126 valence electrons. The van der Waals surface area contributed by atoms with E-state index in [1.165, 1.54) is 23.7 Å². The summed E-state index contributed by atoms with van der Waals surface area (Å²) in [6.45, 7) is 3.07. The number of anilines is 1. The molecule has 5 rings (SSSR count). The van der Waals surface area contributed by atoms with Crippen LogP contribution in [0.15, 0.2) is 54.5 Å². The number of allylic oxidation sites excluding steroid dienone is 1. The van der Waals surface area contributed by atoms with Crippen LogP contribution in [0.4, 0.5) is 10.1 Å². The predicted molar refractivity (Wildman–Crippen MR) is 96.5 cm³/mol. The molecule has 1 N–H and O–H groups in total. The highest BCUT2D eigenvalue weighted by atomic mass is 19.1. The fourth-order valence-electron chi connectivity index (χ4n) is 4.04. The van der Waals surface area contributed by atoms with Crippen LogP contribution in [-0.2, 0) is 0 Å². The Balaban J connectivity index is 1.65. The van der Waals surface area contributed by atoms with Crippen molar-refractivity contribution in [2.75, 3.05) is 11.4 Å². The van der Waals surface area contributed by atoms with E-state index in [-0.39, 0.29) is 12.0 Å². The van der Waals surface area contributed by atoms with Crippen molar-refractivity contribution >= 4 is 16.6 Å².